The fourth-order valence-corrected chi connectivity index (χ4v) is 2.80. The Hall–Kier alpha value is -2.01. The van der Waals surface area contributed by atoms with Crippen molar-refractivity contribution in [2.75, 3.05) is 18.5 Å². The third-order valence-corrected chi connectivity index (χ3v) is 4.46. The van der Waals surface area contributed by atoms with Crippen LogP contribution in [-0.4, -0.2) is 19.1 Å². The molecule has 4 nitrogen and oxygen atoms in total. The van der Waals surface area contributed by atoms with E-state index >= 15 is 0 Å². The average molecular weight is 420 g/mol. The van der Waals surface area contributed by atoms with Gasteiger partial charge in [0.25, 0.3) is 5.91 Å². The van der Waals surface area contributed by atoms with Crippen LogP contribution >= 0.6 is 15.9 Å². The van der Waals surface area contributed by atoms with Crippen molar-refractivity contribution in [3.05, 3.63) is 52.5 Å². The highest BCUT2D eigenvalue weighted by Crippen LogP contribution is 2.28. The van der Waals surface area contributed by atoms with E-state index in [0.717, 1.165) is 35.9 Å². The quantitative estimate of drug-likeness (QED) is 0.476. The molecule has 0 unspecified atom stereocenters. The van der Waals surface area contributed by atoms with Gasteiger partial charge in [0.1, 0.15) is 11.5 Å². The third-order valence-electron chi connectivity index (χ3n) is 3.84. The zero-order valence-electron chi connectivity index (χ0n) is 15.4. The molecule has 1 N–H and O–H groups in total. The summed E-state index contributed by atoms with van der Waals surface area (Å²) in [4.78, 5) is 12.6. The van der Waals surface area contributed by atoms with Crippen LogP contribution in [-0.2, 0) is 0 Å². The SMILES string of the molecule is CCCCOc1ccc(C(=O)Nc2ccccc2OCCCC)cc1Br. The highest BCUT2D eigenvalue weighted by Gasteiger charge is 2.12. The summed E-state index contributed by atoms with van der Waals surface area (Å²) in [5, 5.41) is 2.93. The van der Waals surface area contributed by atoms with Gasteiger partial charge in [-0.15, -0.1) is 0 Å². The van der Waals surface area contributed by atoms with E-state index in [4.69, 9.17) is 9.47 Å². The highest BCUT2D eigenvalue weighted by atomic mass is 79.9. The summed E-state index contributed by atoms with van der Waals surface area (Å²) < 4.78 is 12.2. The van der Waals surface area contributed by atoms with Crippen molar-refractivity contribution in [2.45, 2.75) is 39.5 Å². The second-order valence-electron chi connectivity index (χ2n) is 6.00. The fraction of sp³-hybridized carbons (Fsp3) is 0.381. The first-order chi connectivity index (χ1) is 12.7. The van der Waals surface area contributed by atoms with E-state index in [-0.39, 0.29) is 5.91 Å². The monoisotopic (exact) mass is 419 g/mol. The number of para-hydroxylation sites is 2. The number of carbonyl (C=O) groups is 1. The Morgan fingerprint density at radius 3 is 2.27 bits per heavy atom. The standard InChI is InChI=1S/C21H26BrNO3/c1-3-5-13-25-19-12-11-16(15-17(19)22)21(24)23-18-9-7-8-10-20(18)26-14-6-4-2/h7-12,15H,3-6,13-14H2,1-2H3,(H,23,24). The van der Waals surface area contributed by atoms with Crippen LogP contribution in [0.25, 0.3) is 0 Å². The van der Waals surface area contributed by atoms with Crippen molar-refractivity contribution in [1.29, 1.82) is 0 Å². The van der Waals surface area contributed by atoms with E-state index in [2.05, 4.69) is 35.1 Å². The van der Waals surface area contributed by atoms with E-state index < -0.39 is 0 Å². The smallest absolute Gasteiger partial charge is 0.255 e. The average Bonchev–Trinajstić information content (AvgIpc) is 2.64. The van der Waals surface area contributed by atoms with Gasteiger partial charge in [-0.25, -0.2) is 0 Å². The van der Waals surface area contributed by atoms with Gasteiger partial charge in [0.05, 0.1) is 23.4 Å². The van der Waals surface area contributed by atoms with Crippen LogP contribution in [0.4, 0.5) is 5.69 Å². The molecular formula is C21H26BrNO3. The van der Waals surface area contributed by atoms with Gasteiger partial charge in [-0.05, 0) is 59.1 Å². The van der Waals surface area contributed by atoms with Crippen molar-refractivity contribution < 1.29 is 14.3 Å². The maximum atomic E-state index is 12.6. The van der Waals surface area contributed by atoms with Crippen molar-refractivity contribution in [2.24, 2.45) is 0 Å². The van der Waals surface area contributed by atoms with E-state index in [1.807, 2.05) is 30.3 Å². The van der Waals surface area contributed by atoms with E-state index in [9.17, 15) is 4.79 Å². The number of benzene rings is 2. The molecule has 0 bridgehead atoms. The Kier molecular flexibility index (Phi) is 8.48. The summed E-state index contributed by atoms with van der Waals surface area (Å²) in [6.45, 7) is 5.54. The molecule has 0 saturated carbocycles. The predicted octanol–water partition coefficient (Wildman–Crippen LogP) is 6.06. The Morgan fingerprint density at radius 1 is 0.962 bits per heavy atom. The molecule has 0 saturated heterocycles. The Balaban J connectivity index is 2.04. The summed E-state index contributed by atoms with van der Waals surface area (Å²) in [5.41, 5.74) is 1.23. The highest BCUT2D eigenvalue weighted by molar-refractivity contribution is 9.10. The van der Waals surface area contributed by atoms with Gasteiger partial charge >= 0.3 is 0 Å². The van der Waals surface area contributed by atoms with Crippen molar-refractivity contribution in [3.63, 3.8) is 0 Å². The van der Waals surface area contributed by atoms with E-state index in [0.29, 0.717) is 30.2 Å². The Bertz CT molecular complexity index is 718. The zero-order chi connectivity index (χ0) is 18.8. The first-order valence-corrected chi connectivity index (χ1v) is 9.90. The summed E-state index contributed by atoms with van der Waals surface area (Å²) in [7, 11) is 0. The molecule has 0 fully saturated rings. The molecule has 2 rings (SSSR count). The summed E-state index contributed by atoms with van der Waals surface area (Å²) in [6, 6.07) is 12.8. The van der Waals surface area contributed by atoms with Crippen LogP contribution in [0, 0.1) is 0 Å². The van der Waals surface area contributed by atoms with Gasteiger partial charge in [0.15, 0.2) is 0 Å². The second-order valence-corrected chi connectivity index (χ2v) is 6.85. The lowest BCUT2D eigenvalue weighted by molar-refractivity contribution is 0.102. The van der Waals surface area contributed by atoms with Crippen molar-refractivity contribution in [3.8, 4) is 11.5 Å². The molecule has 0 radical (unpaired) electrons. The first-order valence-electron chi connectivity index (χ1n) is 9.11. The van der Waals surface area contributed by atoms with Gasteiger partial charge in [-0.1, -0.05) is 38.8 Å². The normalized spacial score (nSPS) is 10.4. The lowest BCUT2D eigenvalue weighted by atomic mass is 10.2. The molecule has 0 atom stereocenters. The largest absolute Gasteiger partial charge is 0.492 e. The molecule has 0 spiro atoms. The number of anilines is 1. The number of carbonyl (C=O) groups excluding carboxylic acids is 1. The Labute approximate surface area is 164 Å². The summed E-state index contributed by atoms with van der Waals surface area (Å²) in [6.07, 6.45) is 4.13. The summed E-state index contributed by atoms with van der Waals surface area (Å²) in [5.74, 6) is 1.25. The number of hydrogen-bond acceptors (Lipinski definition) is 3. The lowest BCUT2D eigenvalue weighted by Gasteiger charge is -2.13. The topological polar surface area (TPSA) is 47.6 Å². The summed E-state index contributed by atoms with van der Waals surface area (Å²) >= 11 is 3.48. The van der Waals surface area contributed by atoms with Crippen LogP contribution < -0.4 is 14.8 Å². The molecule has 5 heteroatoms. The zero-order valence-corrected chi connectivity index (χ0v) is 17.0. The molecule has 0 aromatic heterocycles. The Morgan fingerprint density at radius 2 is 1.62 bits per heavy atom. The molecule has 0 aliphatic carbocycles. The molecule has 0 aliphatic heterocycles. The van der Waals surface area contributed by atoms with Gasteiger partial charge in [0, 0.05) is 5.56 Å². The minimum absolute atomic E-state index is 0.183. The van der Waals surface area contributed by atoms with E-state index in [1.165, 1.54) is 0 Å². The minimum atomic E-state index is -0.183. The van der Waals surface area contributed by atoms with Crippen LogP contribution in [0.2, 0.25) is 0 Å². The molecule has 2 aromatic carbocycles. The van der Waals surface area contributed by atoms with Crippen molar-refractivity contribution in [1.82, 2.24) is 0 Å². The van der Waals surface area contributed by atoms with Crippen LogP contribution in [0.15, 0.2) is 46.9 Å². The van der Waals surface area contributed by atoms with E-state index in [1.54, 1.807) is 12.1 Å². The molecule has 140 valence electrons. The third kappa shape index (κ3) is 6.06. The number of halogens is 1. The van der Waals surface area contributed by atoms with Crippen LogP contribution in [0.3, 0.4) is 0 Å². The second kappa shape index (κ2) is 10.9. The number of hydrogen-bond donors (Lipinski definition) is 1. The number of ether oxygens (including phenoxy) is 2. The fourth-order valence-electron chi connectivity index (χ4n) is 2.30. The molecule has 2 aromatic rings. The van der Waals surface area contributed by atoms with Gasteiger partial charge in [-0.3, -0.25) is 4.79 Å². The number of nitrogens with one attached hydrogen (secondary N) is 1. The molecule has 0 aliphatic rings. The maximum Gasteiger partial charge on any atom is 0.255 e. The van der Waals surface area contributed by atoms with Crippen LogP contribution in [0.5, 0.6) is 11.5 Å². The predicted molar refractivity (Wildman–Crippen MR) is 109 cm³/mol. The first kappa shape index (κ1) is 20.3. The molecule has 0 heterocycles. The minimum Gasteiger partial charge on any atom is -0.492 e. The number of amides is 1. The lowest BCUT2D eigenvalue weighted by Crippen LogP contribution is -2.13. The molecule has 1 amide bonds. The van der Waals surface area contributed by atoms with Gasteiger partial charge in [-0.2, -0.15) is 0 Å². The number of rotatable bonds is 10. The number of unbranched alkanes of at least 4 members (excludes halogenated alkanes) is 2. The van der Waals surface area contributed by atoms with Gasteiger partial charge in [0.2, 0.25) is 0 Å². The maximum absolute atomic E-state index is 12.6. The van der Waals surface area contributed by atoms with Crippen LogP contribution in [0.1, 0.15) is 49.9 Å². The molecule has 26 heavy (non-hydrogen) atoms. The van der Waals surface area contributed by atoms with Gasteiger partial charge < -0.3 is 14.8 Å². The molecular weight excluding hydrogens is 394 g/mol. The van der Waals surface area contributed by atoms with Crippen molar-refractivity contribution >= 4 is 27.5 Å².